The summed E-state index contributed by atoms with van der Waals surface area (Å²) in [7, 11) is -3.74. The van der Waals surface area contributed by atoms with Gasteiger partial charge in [0.2, 0.25) is 15.6 Å². The molecule has 3 N–H and O–H groups in total. The van der Waals surface area contributed by atoms with Crippen molar-refractivity contribution in [1.82, 2.24) is 14.6 Å². The highest BCUT2D eigenvalue weighted by Gasteiger charge is 2.23. The summed E-state index contributed by atoms with van der Waals surface area (Å²) in [5.74, 6) is -1.72. The maximum atomic E-state index is 12.7. The molecule has 0 fully saturated rings. The Morgan fingerprint density at radius 3 is 2.44 bits per heavy atom. The van der Waals surface area contributed by atoms with E-state index in [0.29, 0.717) is 18.6 Å². The number of sulfonamides is 1. The fourth-order valence-corrected chi connectivity index (χ4v) is 4.16. The van der Waals surface area contributed by atoms with Crippen molar-refractivity contribution >= 4 is 32.8 Å². The maximum absolute atomic E-state index is 12.7. The first-order chi connectivity index (χ1) is 12.7. The van der Waals surface area contributed by atoms with Crippen LogP contribution in [0.4, 0.5) is 0 Å². The summed E-state index contributed by atoms with van der Waals surface area (Å²) >= 11 is 0. The first-order valence-corrected chi connectivity index (χ1v) is 9.82. The van der Waals surface area contributed by atoms with Crippen LogP contribution in [0.3, 0.4) is 0 Å². The predicted molar refractivity (Wildman–Crippen MR) is 99.3 cm³/mol. The number of aromatic amines is 1. The number of carboxylic acids is 1. The van der Waals surface area contributed by atoms with Crippen molar-refractivity contribution in [3.63, 3.8) is 0 Å². The van der Waals surface area contributed by atoms with Gasteiger partial charge in [-0.3, -0.25) is 14.4 Å². The summed E-state index contributed by atoms with van der Waals surface area (Å²) in [5.41, 5.74) is -0.231. The van der Waals surface area contributed by atoms with Gasteiger partial charge in [0.25, 0.3) is 5.91 Å². The van der Waals surface area contributed by atoms with Crippen LogP contribution in [-0.2, 0) is 14.8 Å². The van der Waals surface area contributed by atoms with Gasteiger partial charge >= 0.3 is 5.97 Å². The van der Waals surface area contributed by atoms with E-state index in [2.05, 4.69) is 10.3 Å². The number of hydrogen-bond acceptors (Lipinski definition) is 5. The summed E-state index contributed by atoms with van der Waals surface area (Å²) in [6, 6.07) is 5.20. The van der Waals surface area contributed by atoms with Gasteiger partial charge in [0.05, 0.1) is 16.9 Å². The fraction of sp³-hybridized carbons (Fsp3) is 0.353. The molecule has 2 rings (SSSR count). The molecule has 1 amide bonds. The van der Waals surface area contributed by atoms with Crippen molar-refractivity contribution < 1.29 is 23.1 Å². The van der Waals surface area contributed by atoms with Crippen LogP contribution < -0.4 is 10.9 Å². The highest BCUT2D eigenvalue weighted by Crippen LogP contribution is 2.22. The van der Waals surface area contributed by atoms with E-state index in [1.54, 1.807) is 13.8 Å². The van der Waals surface area contributed by atoms with Crippen LogP contribution in [0.15, 0.2) is 34.0 Å². The van der Waals surface area contributed by atoms with E-state index in [9.17, 15) is 22.8 Å². The van der Waals surface area contributed by atoms with Crippen LogP contribution in [0.1, 0.15) is 30.6 Å². The molecule has 0 saturated heterocycles. The predicted octanol–water partition coefficient (Wildman–Crippen LogP) is 0.763. The van der Waals surface area contributed by atoms with Crippen molar-refractivity contribution in [2.75, 3.05) is 19.6 Å². The smallest absolute Gasteiger partial charge is 0.305 e. The largest absolute Gasteiger partial charge is 0.481 e. The first kappa shape index (κ1) is 20.6. The number of carbonyl (C=O) groups excluding carboxylic acids is 1. The summed E-state index contributed by atoms with van der Waals surface area (Å²) < 4.78 is 26.7. The first-order valence-electron chi connectivity index (χ1n) is 8.38. The van der Waals surface area contributed by atoms with Gasteiger partial charge in [0, 0.05) is 36.6 Å². The molecule has 9 nitrogen and oxygen atoms in total. The second-order valence-corrected chi connectivity index (χ2v) is 7.68. The van der Waals surface area contributed by atoms with Gasteiger partial charge in [-0.15, -0.1) is 0 Å². The van der Waals surface area contributed by atoms with E-state index < -0.39 is 27.5 Å². The zero-order valence-corrected chi connectivity index (χ0v) is 15.8. The molecule has 146 valence electrons. The molecule has 0 spiro atoms. The van der Waals surface area contributed by atoms with Crippen LogP contribution in [0.25, 0.3) is 10.9 Å². The molecule has 0 bridgehead atoms. The molecular formula is C17H21N3O6S. The van der Waals surface area contributed by atoms with Crippen molar-refractivity contribution in [3.8, 4) is 0 Å². The summed E-state index contributed by atoms with van der Waals surface area (Å²) in [4.78, 5) is 37.3. The minimum atomic E-state index is -3.74. The van der Waals surface area contributed by atoms with Crippen LogP contribution in [0.5, 0.6) is 0 Å². The molecule has 1 heterocycles. The third-order valence-corrected chi connectivity index (χ3v) is 6.07. The van der Waals surface area contributed by atoms with Crippen LogP contribution in [0, 0.1) is 0 Å². The second-order valence-electron chi connectivity index (χ2n) is 5.74. The zero-order chi connectivity index (χ0) is 20.2. The summed E-state index contributed by atoms with van der Waals surface area (Å²) in [5, 5.41) is 11.3. The quantitative estimate of drug-likeness (QED) is 0.604. The Balaban J connectivity index is 2.53. The number of H-pyrrole nitrogens is 1. The SMILES string of the molecule is CCN(CC)S(=O)(=O)c1ccc2[nH]c(=O)cc(C(=O)NCCC(=O)O)c2c1. The number of rotatable bonds is 8. The Morgan fingerprint density at radius 1 is 1.19 bits per heavy atom. The lowest BCUT2D eigenvalue weighted by Crippen LogP contribution is -2.30. The molecule has 10 heteroatoms. The number of nitrogens with zero attached hydrogens (tertiary/aromatic N) is 1. The van der Waals surface area contributed by atoms with E-state index in [0.717, 1.165) is 6.07 Å². The number of amides is 1. The van der Waals surface area contributed by atoms with Crippen LogP contribution in [0.2, 0.25) is 0 Å². The molecule has 0 saturated carbocycles. The van der Waals surface area contributed by atoms with E-state index in [1.807, 2.05) is 0 Å². The molecule has 2 aromatic rings. The standard InChI is InChI=1S/C17H21N3O6S/c1-3-20(4-2)27(25,26)11-5-6-14-12(9-11)13(10-15(21)19-14)17(24)18-8-7-16(22)23/h5-6,9-10H,3-4,7-8H2,1-2H3,(H,18,24)(H,19,21)(H,22,23). The molecule has 0 aliphatic rings. The van der Waals surface area contributed by atoms with Crippen LogP contribution in [-0.4, -0.2) is 54.3 Å². The number of fused-ring (bicyclic) bond motifs is 1. The van der Waals surface area contributed by atoms with Crippen molar-refractivity contribution in [3.05, 3.63) is 40.2 Å². The number of carboxylic acid groups (broad SMARTS) is 1. The molecule has 27 heavy (non-hydrogen) atoms. The van der Waals surface area contributed by atoms with E-state index >= 15 is 0 Å². The fourth-order valence-electron chi connectivity index (χ4n) is 2.67. The minimum absolute atomic E-state index is 0.00494. The van der Waals surface area contributed by atoms with E-state index in [4.69, 9.17) is 5.11 Å². The molecule has 1 aromatic carbocycles. The molecule has 1 aromatic heterocycles. The van der Waals surface area contributed by atoms with Gasteiger partial charge in [0.15, 0.2) is 0 Å². The molecule has 0 atom stereocenters. The molecule has 0 aliphatic carbocycles. The summed E-state index contributed by atoms with van der Waals surface area (Å²) in [6.45, 7) is 3.93. The molecule has 0 radical (unpaired) electrons. The van der Waals surface area contributed by atoms with Gasteiger partial charge in [-0.2, -0.15) is 4.31 Å². The zero-order valence-electron chi connectivity index (χ0n) is 15.0. The number of carbonyl (C=O) groups is 2. The Bertz CT molecular complexity index is 1020. The Hall–Kier alpha value is -2.72. The number of nitrogens with one attached hydrogen (secondary N) is 2. The second kappa shape index (κ2) is 8.31. The van der Waals surface area contributed by atoms with Crippen molar-refractivity contribution in [2.45, 2.75) is 25.2 Å². The lowest BCUT2D eigenvalue weighted by Gasteiger charge is -2.19. The highest BCUT2D eigenvalue weighted by molar-refractivity contribution is 7.89. The monoisotopic (exact) mass is 395 g/mol. The third-order valence-electron chi connectivity index (χ3n) is 4.03. The number of pyridine rings is 1. The lowest BCUT2D eigenvalue weighted by atomic mass is 10.1. The average Bonchev–Trinajstić information content (AvgIpc) is 2.60. The van der Waals surface area contributed by atoms with Crippen molar-refractivity contribution in [1.29, 1.82) is 0 Å². The third kappa shape index (κ3) is 4.52. The van der Waals surface area contributed by atoms with Gasteiger partial charge in [-0.05, 0) is 18.2 Å². The van der Waals surface area contributed by atoms with E-state index in [1.165, 1.54) is 22.5 Å². The Labute approximate surface area is 156 Å². The Kier molecular flexibility index (Phi) is 6.34. The number of benzene rings is 1. The normalized spacial score (nSPS) is 11.7. The minimum Gasteiger partial charge on any atom is -0.481 e. The number of hydrogen-bond donors (Lipinski definition) is 3. The topological polar surface area (TPSA) is 137 Å². The van der Waals surface area contributed by atoms with Gasteiger partial charge in [-0.1, -0.05) is 13.8 Å². The van der Waals surface area contributed by atoms with Crippen LogP contribution >= 0.6 is 0 Å². The molecule has 0 aliphatic heterocycles. The number of aromatic nitrogens is 1. The summed E-state index contributed by atoms with van der Waals surface area (Å²) in [6.07, 6.45) is -0.269. The van der Waals surface area contributed by atoms with Gasteiger partial charge in [-0.25, -0.2) is 8.42 Å². The van der Waals surface area contributed by atoms with Gasteiger partial charge in [0.1, 0.15) is 0 Å². The van der Waals surface area contributed by atoms with Gasteiger partial charge < -0.3 is 15.4 Å². The number of aliphatic carboxylic acids is 1. The lowest BCUT2D eigenvalue weighted by molar-refractivity contribution is -0.136. The van der Waals surface area contributed by atoms with E-state index in [-0.39, 0.29) is 28.8 Å². The average molecular weight is 395 g/mol. The Morgan fingerprint density at radius 2 is 1.85 bits per heavy atom. The molecular weight excluding hydrogens is 374 g/mol. The highest BCUT2D eigenvalue weighted by atomic mass is 32.2. The van der Waals surface area contributed by atoms with Crippen molar-refractivity contribution in [2.24, 2.45) is 0 Å². The maximum Gasteiger partial charge on any atom is 0.305 e. The molecule has 0 unspecified atom stereocenters.